The Balaban J connectivity index is 3.01. The van der Waals surface area contributed by atoms with Crippen molar-refractivity contribution in [3.8, 4) is 0 Å². The molecule has 0 radical (unpaired) electrons. The highest BCUT2D eigenvalue weighted by atomic mass is 16.1. The molecule has 0 spiro atoms. The Labute approximate surface area is 147 Å². The van der Waals surface area contributed by atoms with E-state index in [0.717, 1.165) is 25.7 Å². The van der Waals surface area contributed by atoms with E-state index in [9.17, 15) is 4.79 Å². The number of unbranched alkanes of at least 4 members (excludes halogenated alkanes) is 15. The largest absolute Gasteiger partial charge is 0.300 e. The molecule has 0 saturated heterocycles. The third-order valence-electron chi connectivity index (χ3n) is 4.84. The molecular weight excluding hydrogens is 280 g/mol. The first-order valence-electron chi connectivity index (χ1n) is 10.8. The van der Waals surface area contributed by atoms with Crippen molar-refractivity contribution in [1.29, 1.82) is 0 Å². The molecule has 0 aliphatic heterocycles. The van der Waals surface area contributed by atoms with Crippen LogP contribution in [0.25, 0.3) is 0 Å². The molecule has 138 valence electrons. The van der Waals surface area contributed by atoms with Gasteiger partial charge in [0.2, 0.25) is 0 Å². The van der Waals surface area contributed by atoms with Gasteiger partial charge >= 0.3 is 0 Å². The molecule has 0 aliphatic rings. The highest BCUT2D eigenvalue weighted by Crippen LogP contribution is 2.14. The van der Waals surface area contributed by atoms with Gasteiger partial charge in [0.25, 0.3) is 0 Å². The fourth-order valence-corrected chi connectivity index (χ4v) is 3.27. The van der Waals surface area contributed by atoms with Gasteiger partial charge in [0, 0.05) is 12.8 Å². The first-order chi connectivity index (χ1) is 11.3. The number of carbonyl (C=O) groups excluding carboxylic acids is 1. The molecule has 0 N–H and O–H groups in total. The van der Waals surface area contributed by atoms with Gasteiger partial charge in [-0.2, -0.15) is 0 Å². The van der Waals surface area contributed by atoms with Crippen molar-refractivity contribution in [1.82, 2.24) is 0 Å². The zero-order valence-electron chi connectivity index (χ0n) is 16.3. The lowest BCUT2D eigenvalue weighted by atomic mass is 10.0. The van der Waals surface area contributed by atoms with Crippen molar-refractivity contribution in [2.24, 2.45) is 0 Å². The molecule has 0 fully saturated rings. The van der Waals surface area contributed by atoms with Crippen LogP contribution in [0.3, 0.4) is 0 Å². The Morgan fingerprint density at radius 3 is 1.13 bits per heavy atom. The standard InChI is InChI=1S/C22H44O/c1-3-5-6-7-8-9-10-11-12-13-14-15-16-17-18-19-21-22(23)20-4-2/h3-21H2,1-2H3. The molecule has 0 saturated carbocycles. The summed E-state index contributed by atoms with van der Waals surface area (Å²) in [6.45, 7) is 4.38. The SMILES string of the molecule is CCCCCCCCCCCCCCCCCCC(=O)CCC. The summed E-state index contributed by atoms with van der Waals surface area (Å²) in [4.78, 5) is 11.4. The Morgan fingerprint density at radius 1 is 0.435 bits per heavy atom. The second-order valence-corrected chi connectivity index (χ2v) is 7.34. The third-order valence-corrected chi connectivity index (χ3v) is 4.84. The monoisotopic (exact) mass is 324 g/mol. The van der Waals surface area contributed by atoms with Crippen molar-refractivity contribution < 1.29 is 4.79 Å². The first kappa shape index (κ1) is 22.7. The van der Waals surface area contributed by atoms with Crippen LogP contribution in [0, 0.1) is 0 Å². The molecular formula is C22H44O. The molecule has 0 unspecified atom stereocenters. The second kappa shape index (κ2) is 19.7. The predicted molar refractivity (Wildman–Crippen MR) is 104 cm³/mol. The molecule has 0 heterocycles. The van der Waals surface area contributed by atoms with Crippen LogP contribution in [0.5, 0.6) is 0 Å². The van der Waals surface area contributed by atoms with E-state index in [1.54, 1.807) is 0 Å². The molecule has 0 aromatic heterocycles. The number of carbonyl (C=O) groups is 1. The van der Waals surface area contributed by atoms with E-state index in [-0.39, 0.29) is 0 Å². The van der Waals surface area contributed by atoms with Crippen LogP contribution in [0.15, 0.2) is 0 Å². The fourth-order valence-electron chi connectivity index (χ4n) is 3.27. The summed E-state index contributed by atoms with van der Waals surface area (Å²) in [7, 11) is 0. The molecule has 1 heteroatoms. The Morgan fingerprint density at radius 2 is 0.783 bits per heavy atom. The summed E-state index contributed by atoms with van der Waals surface area (Å²) in [6, 6.07) is 0. The molecule has 0 bridgehead atoms. The normalized spacial score (nSPS) is 11.0. The van der Waals surface area contributed by atoms with Gasteiger partial charge < -0.3 is 0 Å². The molecule has 0 rings (SSSR count). The lowest BCUT2D eigenvalue weighted by Crippen LogP contribution is -1.96. The van der Waals surface area contributed by atoms with Crippen LogP contribution < -0.4 is 0 Å². The molecule has 0 aromatic carbocycles. The predicted octanol–water partition coefficient (Wildman–Crippen LogP) is 8.01. The van der Waals surface area contributed by atoms with E-state index >= 15 is 0 Å². The lowest BCUT2D eigenvalue weighted by molar-refractivity contribution is -0.119. The Kier molecular flexibility index (Phi) is 19.4. The van der Waals surface area contributed by atoms with Crippen LogP contribution in [0.4, 0.5) is 0 Å². The molecule has 0 amide bonds. The molecule has 23 heavy (non-hydrogen) atoms. The summed E-state index contributed by atoms with van der Waals surface area (Å²) in [5.41, 5.74) is 0. The van der Waals surface area contributed by atoms with Gasteiger partial charge in [-0.1, -0.05) is 110 Å². The quantitative estimate of drug-likeness (QED) is 0.220. The molecule has 0 aromatic rings. The van der Waals surface area contributed by atoms with Crippen LogP contribution in [0.1, 0.15) is 136 Å². The van der Waals surface area contributed by atoms with Crippen LogP contribution in [0.2, 0.25) is 0 Å². The maximum atomic E-state index is 11.4. The van der Waals surface area contributed by atoms with Gasteiger partial charge in [0.15, 0.2) is 0 Å². The van der Waals surface area contributed by atoms with E-state index in [4.69, 9.17) is 0 Å². The van der Waals surface area contributed by atoms with Crippen LogP contribution in [-0.2, 0) is 4.79 Å². The topological polar surface area (TPSA) is 17.1 Å². The Hall–Kier alpha value is -0.330. The first-order valence-corrected chi connectivity index (χ1v) is 10.8. The van der Waals surface area contributed by atoms with E-state index < -0.39 is 0 Å². The van der Waals surface area contributed by atoms with E-state index in [1.165, 1.54) is 96.3 Å². The van der Waals surface area contributed by atoms with Gasteiger partial charge in [-0.25, -0.2) is 0 Å². The average Bonchev–Trinajstić information content (AvgIpc) is 2.54. The van der Waals surface area contributed by atoms with Crippen LogP contribution >= 0.6 is 0 Å². The van der Waals surface area contributed by atoms with E-state index in [1.807, 2.05) is 0 Å². The lowest BCUT2D eigenvalue weighted by Gasteiger charge is -2.03. The Bertz CT molecular complexity index is 234. The number of rotatable bonds is 19. The highest BCUT2D eigenvalue weighted by molar-refractivity contribution is 5.78. The minimum absolute atomic E-state index is 0.470. The summed E-state index contributed by atoms with van der Waals surface area (Å²) < 4.78 is 0. The zero-order valence-corrected chi connectivity index (χ0v) is 16.3. The van der Waals surface area contributed by atoms with Gasteiger partial charge in [-0.3, -0.25) is 4.79 Å². The summed E-state index contributed by atoms with van der Waals surface area (Å²) in [6.07, 6.45) is 24.9. The summed E-state index contributed by atoms with van der Waals surface area (Å²) in [5.74, 6) is 0.470. The van der Waals surface area contributed by atoms with Crippen molar-refractivity contribution in [3.63, 3.8) is 0 Å². The smallest absolute Gasteiger partial charge is 0.132 e. The minimum atomic E-state index is 0.470. The highest BCUT2D eigenvalue weighted by Gasteiger charge is 1.99. The molecule has 0 atom stereocenters. The fraction of sp³-hybridized carbons (Fsp3) is 0.955. The second-order valence-electron chi connectivity index (χ2n) is 7.34. The number of hydrogen-bond acceptors (Lipinski definition) is 1. The third kappa shape index (κ3) is 19.6. The van der Waals surface area contributed by atoms with Crippen molar-refractivity contribution in [2.75, 3.05) is 0 Å². The van der Waals surface area contributed by atoms with Gasteiger partial charge in [-0.05, 0) is 12.8 Å². The van der Waals surface area contributed by atoms with Crippen LogP contribution in [-0.4, -0.2) is 5.78 Å². The maximum Gasteiger partial charge on any atom is 0.132 e. The average molecular weight is 325 g/mol. The molecule has 1 nitrogen and oxygen atoms in total. The number of hydrogen-bond donors (Lipinski definition) is 0. The summed E-state index contributed by atoms with van der Waals surface area (Å²) >= 11 is 0. The van der Waals surface area contributed by atoms with Crippen molar-refractivity contribution in [2.45, 2.75) is 136 Å². The number of ketones is 1. The minimum Gasteiger partial charge on any atom is -0.300 e. The molecule has 0 aliphatic carbocycles. The zero-order chi connectivity index (χ0) is 17.0. The van der Waals surface area contributed by atoms with E-state index in [0.29, 0.717) is 5.78 Å². The number of Topliss-reactive ketones (excluding diaryl/α,β-unsaturated/α-hetero) is 1. The summed E-state index contributed by atoms with van der Waals surface area (Å²) in [5, 5.41) is 0. The van der Waals surface area contributed by atoms with Gasteiger partial charge in [-0.15, -0.1) is 0 Å². The van der Waals surface area contributed by atoms with Gasteiger partial charge in [0.05, 0.1) is 0 Å². The van der Waals surface area contributed by atoms with Gasteiger partial charge in [0.1, 0.15) is 5.78 Å². The van der Waals surface area contributed by atoms with Crippen molar-refractivity contribution >= 4 is 5.78 Å². The van der Waals surface area contributed by atoms with E-state index in [2.05, 4.69) is 13.8 Å². The maximum absolute atomic E-state index is 11.4. The van der Waals surface area contributed by atoms with Crippen molar-refractivity contribution in [3.05, 3.63) is 0 Å².